The fourth-order valence-corrected chi connectivity index (χ4v) is 4.09. The van der Waals surface area contributed by atoms with Crippen molar-refractivity contribution in [3.05, 3.63) is 60.2 Å². The number of pyridine rings is 1. The molecule has 7 nitrogen and oxygen atoms in total. The van der Waals surface area contributed by atoms with E-state index in [2.05, 4.69) is 19.9 Å². The average molecular weight is 414 g/mol. The number of nitriles is 1. The lowest BCUT2D eigenvalue weighted by molar-refractivity contribution is 0.473. The maximum absolute atomic E-state index is 14.3. The SMILES string of the molecule is N#Cc1cc(-c2cncc(-c3nc4c(F)cccc4[nH]3)c2N2CC[C@H](N)C2)ccc1O. The number of hydrogen-bond acceptors (Lipinski definition) is 6. The van der Waals surface area contributed by atoms with Gasteiger partial charge in [-0.15, -0.1) is 0 Å². The van der Waals surface area contributed by atoms with Gasteiger partial charge < -0.3 is 20.7 Å². The predicted molar refractivity (Wildman–Crippen MR) is 116 cm³/mol. The molecule has 5 rings (SSSR count). The Balaban J connectivity index is 1.74. The highest BCUT2D eigenvalue weighted by Crippen LogP contribution is 2.40. The zero-order chi connectivity index (χ0) is 21.5. The van der Waals surface area contributed by atoms with Gasteiger partial charge in [-0.1, -0.05) is 12.1 Å². The summed E-state index contributed by atoms with van der Waals surface area (Å²) in [6, 6.07) is 11.7. The number of nitrogens with two attached hydrogens (primary N) is 1. The molecule has 1 aliphatic rings. The summed E-state index contributed by atoms with van der Waals surface area (Å²) in [5.74, 6) is 0.0307. The molecule has 4 aromatic rings. The molecule has 1 aliphatic heterocycles. The quantitative estimate of drug-likeness (QED) is 0.472. The number of halogens is 1. The number of benzene rings is 2. The first-order chi connectivity index (χ1) is 15.0. The molecule has 1 atom stereocenters. The van der Waals surface area contributed by atoms with Crippen LogP contribution in [0.2, 0.25) is 0 Å². The second kappa shape index (κ2) is 7.38. The van der Waals surface area contributed by atoms with Gasteiger partial charge in [0.05, 0.1) is 22.3 Å². The maximum atomic E-state index is 14.3. The minimum Gasteiger partial charge on any atom is -0.507 e. The summed E-state index contributed by atoms with van der Waals surface area (Å²) < 4.78 is 14.3. The molecule has 0 saturated carbocycles. The number of hydrogen-bond donors (Lipinski definition) is 3. The number of fused-ring (bicyclic) bond motifs is 1. The number of phenols is 1. The molecule has 31 heavy (non-hydrogen) atoms. The average Bonchev–Trinajstić information content (AvgIpc) is 3.40. The van der Waals surface area contributed by atoms with Crippen LogP contribution >= 0.6 is 0 Å². The zero-order valence-corrected chi connectivity index (χ0v) is 16.5. The molecule has 0 aliphatic carbocycles. The summed E-state index contributed by atoms with van der Waals surface area (Å²) in [4.78, 5) is 14.3. The number of aromatic hydroxyl groups is 1. The van der Waals surface area contributed by atoms with E-state index in [1.165, 1.54) is 12.1 Å². The molecule has 3 heterocycles. The molecule has 0 spiro atoms. The molecule has 4 N–H and O–H groups in total. The molecule has 2 aromatic carbocycles. The van der Waals surface area contributed by atoms with Crippen LogP contribution in [0.5, 0.6) is 5.75 Å². The Labute approximate surface area is 177 Å². The molecule has 0 unspecified atom stereocenters. The minimum absolute atomic E-state index is 0.0384. The lowest BCUT2D eigenvalue weighted by Gasteiger charge is -2.24. The second-order valence-corrected chi connectivity index (χ2v) is 7.64. The third-order valence-electron chi connectivity index (χ3n) is 5.61. The van der Waals surface area contributed by atoms with Crippen LogP contribution < -0.4 is 10.6 Å². The van der Waals surface area contributed by atoms with E-state index in [1.807, 2.05) is 6.07 Å². The topological polar surface area (TPSA) is 115 Å². The summed E-state index contributed by atoms with van der Waals surface area (Å²) in [5.41, 5.74) is 10.3. The second-order valence-electron chi connectivity index (χ2n) is 7.64. The van der Waals surface area contributed by atoms with Crippen molar-refractivity contribution in [1.82, 2.24) is 15.0 Å². The van der Waals surface area contributed by atoms with Crippen LogP contribution in [-0.2, 0) is 0 Å². The largest absolute Gasteiger partial charge is 0.507 e. The van der Waals surface area contributed by atoms with Crippen LogP contribution in [0.15, 0.2) is 48.8 Å². The van der Waals surface area contributed by atoms with E-state index < -0.39 is 5.82 Å². The summed E-state index contributed by atoms with van der Waals surface area (Å²) in [5, 5.41) is 19.3. The number of H-pyrrole nitrogens is 1. The van der Waals surface area contributed by atoms with Crippen LogP contribution in [0.1, 0.15) is 12.0 Å². The molecule has 1 fully saturated rings. The van der Waals surface area contributed by atoms with Gasteiger partial charge in [-0.3, -0.25) is 4.98 Å². The van der Waals surface area contributed by atoms with Crippen LogP contribution in [0, 0.1) is 17.1 Å². The molecular weight excluding hydrogens is 395 g/mol. The Bertz CT molecular complexity index is 1340. The Morgan fingerprint density at radius 1 is 1.23 bits per heavy atom. The third-order valence-corrected chi connectivity index (χ3v) is 5.61. The standard InChI is InChI=1S/C23H19FN6O/c24-18-2-1-3-19-21(18)29-23(28-19)17-11-27-10-16(22(17)30-7-6-15(26)12-30)13-4-5-20(31)14(8-13)9-25/h1-5,8,10-11,15,31H,6-7,12,26H2,(H,28,29)/t15-/m0/s1. The van der Waals surface area contributed by atoms with Crippen LogP contribution in [0.3, 0.4) is 0 Å². The molecular formula is C23H19FN6O. The number of nitrogens with zero attached hydrogens (tertiary/aromatic N) is 4. The highest BCUT2D eigenvalue weighted by atomic mass is 19.1. The van der Waals surface area contributed by atoms with Crippen molar-refractivity contribution < 1.29 is 9.50 Å². The van der Waals surface area contributed by atoms with Gasteiger partial charge >= 0.3 is 0 Å². The van der Waals surface area contributed by atoms with Gasteiger partial charge in [0, 0.05) is 37.1 Å². The summed E-state index contributed by atoms with van der Waals surface area (Å²) in [7, 11) is 0. The van der Waals surface area contributed by atoms with E-state index in [1.54, 1.807) is 36.7 Å². The van der Waals surface area contributed by atoms with Crippen molar-refractivity contribution in [3.8, 4) is 34.3 Å². The van der Waals surface area contributed by atoms with E-state index >= 15 is 0 Å². The number of nitrogens with one attached hydrogen (secondary N) is 1. The molecule has 8 heteroatoms. The van der Waals surface area contributed by atoms with Crippen molar-refractivity contribution >= 4 is 16.7 Å². The van der Waals surface area contributed by atoms with Crippen molar-refractivity contribution in [2.75, 3.05) is 18.0 Å². The number of anilines is 1. The Morgan fingerprint density at radius 3 is 2.81 bits per heavy atom. The number of aromatic amines is 1. The van der Waals surface area contributed by atoms with Gasteiger partial charge in [0.2, 0.25) is 0 Å². The number of para-hydroxylation sites is 1. The molecule has 0 amide bonds. The maximum Gasteiger partial charge on any atom is 0.151 e. The predicted octanol–water partition coefficient (Wildman–Crippen LogP) is 3.55. The van der Waals surface area contributed by atoms with Gasteiger partial charge in [-0.2, -0.15) is 5.26 Å². The fourth-order valence-electron chi connectivity index (χ4n) is 4.09. The molecule has 1 saturated heterocycles. The molecule has 2 aromatic heterocycles. The van der Waals surface area contributed by atoms with Crippen molar-refractivity contribution in [1.29, 1.82) is 5.26 Å². The van der Waals surface area contributed by atoms with Crippen molar-refractivity contribution in [3.63, 3.8) is 0 Å². The van der Waals surface area contributed by atoms with Crippen molar-refractivity contribution in [2.45, 2.75) is 12.5 Å². The van der Waals surface area contributed by atoms with Gasteiger partial charge in [0.1, 0.15) is 23.2 Å². The smallest absolute Gasteiger partial charge is 0.151 e. The van der Waals surface area contributed by atoms with Crippen molar-refractivity contribution in [2.24, 2.45) is 5.73 Å². The van der Waals surface area contributed by atoms with Crippen LogP contribution in [0.25, 0.3) is 33.5 Å². The highest BCUT2D eigenvalue weighted by Gasteiger charge is 2.26. The minimum atomic E-state index is -0.397. The normalized spacial score (nSPS) is 16.0. The van der Waals surface area contributed by atoms with E-state index in [0.29, 0.717) is 23.4 Å². The number of aromatic nitrogens is 3. The molecule has 0 bridgehead atoms. The Hall–Kier alpha value is -3.96. The lowest BCUT2D eigenvalue weighted by atomic mass is 9.99. The van der Waals surface area contributed by atoms with E-state index in [-0.39, 0.29) is 22.9 Å². The van der Waals surface area contributed by atoms with Gasteiger partial charge in [0.25, 0.3) is 0 Å². The highest BCUT2D eigenvalue weighted by molar-refractivity contribution is 5.91. The Kier molecular flexibility index (Phi) is 4.53. The molecule has 0 radical (unpaired) electrons. The first-order valence-corrected chi connectivity index (χ1v) is 9.92. The first-order valence-electron chi connectivity index (χ1n) is 9.92. The lowest BCUT2D eigenvalue weighted by Crippen LogP contribution is -2.27. The van der Waals surface area contributed by atoms with Gasteiger partial charge in [-0.05, 0) is 36.2 Å². The van der Waals surface area contributed by atoms with Gasteiger partial charge in [0.15, 0.2) is 5.82 Å². The number of imidazole rings is 1. The zero-order valence-electron chi connectivity index (χ0n) is 16.5. The van der Waals surface area contributed by atoms with Gasteiger partial charge in [-0.25, -0.2) is 9.37 Å². The van der Waals surface area contributed by atoms with E-state index in [0.717, 1.165) is 29.8 Å². The van der Waals surface area contributed by atoms with E-state index in [9.17, 15) is 14.8 Å². The fraction of sp³-hybridized carbons (Fsp3) is 0.174. The summed E-state index contributed by atoms with van der Waals surface area (Å²) in [6.45, 7) is 1.41. The number of rotatable bonds is 3. The molecule has 154 valence electrons. The summed E-state index contributed by atoms with van der Waals surface area (Å²) >= 11 is 0. The van der Waals surface area contributed by atoms with Crippen LogP contribution in [0.4, 0.5) is 10.1 Å². The monoisotopic (exact) mass is 414 g/mol. The third kappa shape index (κ3) is 3.25. The summed E-state index contributed by atoms with van der Waals surface area (Å²) in [6.07, 6.45) is 4.26. The van der Waals surface area contributed by atoms with E-state index in [4.69, 9.17) is 5.73 Å². The van der Waals surface area contributed by atoms with Crippen LogP contribution in [-0.4, -0.2) is 39.2 Å². The first kappa shape index (κ1) is 19.0. The Morgan fingerprint density at radius 2 is 2.06 bits per heavy atom. The number of phenolic OH excluding ortho intramolecular Hbond substituents is 1.